The summed E-state index contributed by atoms with van der Waals surface area (Å²) in [6.07, 6.45) is 5.45. The van der Waals surface area contributed by atoms with E-state index in [4.69, 9.17) is 5.11 Å². The molecule has 0 fully saturated rings. The molecule has 6 heteroatoms. The zero-order valence-electron chi connectivity index (χ0n) is 10.9. The van der Waals surface area contributed by atoms with E-state index in [1.54, 1.807) is 10.7 Å². The van der Waals surface area contributed by atoms with Crippen molar-refractivity contribution in [1.29, 1.82) is 0 Å². The smallest absolute Gasteiger partial charge is 0.303 e. The summed E-state index contributed by atoms with van der Waals surface area (Å²) in [5.41, 5.74) is 0.809. The number of aliphatic carboxylic acids is 1. The largest absolute Gasteiger partial charge is 0.481 e. The van der Waals surface area contributed by atoms with Gasteiger partial charge in [0.25, 0.3) is 0 Å². The highest BCUT2D eigenvalue weighted by molar-refractivity contribution is 5.66. The summed E-state index contributed by atoms with van der Waals surface area (Å²) in [6, 6.07) is 3.72. The molecule has 0 saturated carbocycles. The molecule has 2 aromatic rings. The second-order valence-electron chi connectivity index (χ2n) is 4.70. The summed E-state index contributed by atoms with van der Waals surface area (Å²) in [5, 5.41) is 15.9. The number of fused-ring (bicyclic) bond motifs is 1. The first-order chi connectivity index (χ1) is 9.15. The van der Waals surface area contributed by atoms with Crippen LogP contribution in [0.15, 0.2) is 24.5 Å². The molecule has 0 spiro atoms. The maximum absolute atomic E-state index is 10.5. The number of carboxylic acid groups (broad SMARTS) is 1. The molecule has 102 valence electrons. The van der Waals surface area contributed by atoms with Gasteiger partial charge in [0, 0.05) is 25.2 Å². The first kappa shape index (κ1) is 13.3. The van der Waals surface area contributed by atoms with Crippen molar-refractivity contribution < 1.29 is 9.90 Å². The van der Waals surface area contributed by atoms with Gasteiger partial charge in [-0.3, -0.25) is 4.79 Å². The van der Waals surface area contributed by atoms with E-state index in [1.165, 1.54) is 0 Å². The summed E-state index contributed by atoms with van der Waals surface area (Å²) in [7, 11) is 0. The molecular formula is C13H18N4O2. The summed E-state index contributed by atoms with van der Waals surface area (Å²) >= 11 is 0. The fraction of sp³-hybridized carbons (Fsp3) is 0.462. The van der Waals surface area contributed by atoms with Crippen LogP contribution in [-0.4, -0.2) is 32.2 Å². The molecule has 2 rings (SSSR count). The summed E-state index contributed by atoms with van der Waals surface area (Å²) < 4.78 is 1.71. The van der Waals surface area contributed by atoms with E-state index < -0.39 is 5.97 Å². The maximum atomic E-state index is 10.5. The Hall–Kier alpha value is -2.11. The molecule has 19 heavy (non-hydrogen) atoms. The van der Waals surface area contributed by atoms with E-state index in [2.05, 4.69) is 22.3 Å². The van der Waals surface area contributed by atoms with E-state index in [1.807, 2.05) is 18.3 Å². The Balaban J connectivity index is 1.77. The van der Waals surface area contributed by atoms with E-state index in [-0.39, 0.29) is 6.42 Å². The highest BCUT2D eigenvalue weighted by Crippen LogP contribution is 2.11. The molecule has 0 aliphatic heterocycles. The molecule has 0 amide bonds. The predicted octanol–water partition coefficient (Wildman–Crippen LogP) is 2.03. The maximum Gasteiger partial charge on any atom is 0.303 e. The zero-order valence-corrected chi connectivity index (χ0v) is 10.9. The number of nitrogens with one attached hydrogen (secondary N) is 1. The van der Waals surface area contributed by atoms with E-state index >= 15 is 0 Å². The first-order valence-electron chi connectivity index (χ1n) is 6.41. The molecule has 6 nitrogen and oxygen atoms in total. The molecule has 0 bridgehead atoms. The van der Waals surface area contributed by atoms with Gasteiger partial charge in [0.1, 0.15) is 5.82 Å². The Morgan fingerprint density at radius 2 is 2.32 bits per heavy atom. The SMILES string of the molecule is CC(CCNc1ccn2nccc2n1)CCC(=O)O. The number of rotatable bonds is 7. The number of hydrogen-bond donors (Lipinski definition) is 2. The van der Waals surface area contributed by atoms with Gasteiger partial charge >= 0.3 is 5.97 Å². The van der Waals surface area contributed by atoms with Gasteiger partial charge in [0.05, 0.1) is 6.20 Å². The third-order valence-electron chi connectivity index (χ3n) is 3.05. The lowest BCUT2D eigenvalue weighted by Gasteiger charge is -2.11. The lowest BCUT2D eigenvalue weighted by Crippen LogP contribution is -2.09. The Morgan fingerprint density at radius 3 is 3.11 bits per heavy atom. The van der Waals surface area contributed by atoms with Crippen molar-refractivity contribution in [2.45, 2.75) is 26.2 Å². The van der Waals surface area contributed by atoms with Crippen molar-refractivity contribution >= 4 is 17.4 Å². The highest BCUT2D eigenvalue weighted by atomic mass is 16.4. The average Bonchev–Trinajstić information content (AvgIpc) is 2.83. The minimum absolute atomic E-state index is 0.237. The number of hydrogen-bond acceptors (Lipinski definition) is 4. The van der Waals surface area contributed by atoms with Crippen molar-refractivity contribution in [2.75, 3.05) is 11.9 Å². The minimum Gasteiger partial charge on any atom is -0.481 e. The normalized spacial score (nSPS) is 12.5. The van der Waals surface area contributed by atoms with Crippen molar-refractivity contribution in [3.8, 4) is 0 Å². The quantitative estimate of drug-likeness (QED) is 0.798. The standard InChI is InChI=1S/C13H18N4O2/c1-10(2-3-13(18)19)4-7-14-11-6-9-17-12(16-11)5-8-15-17/h5-6,8-10H,2-4,7H2,1H3,(H,14,16)(H,18,19). The van der Waals surface area contributed by atoms with Gasteiger partial charge in [-0.2, -0.15) is 5.10 Å². The topological polar surface area (TPSA) is 79.5 Å². The molecule has 0 aliphatic carbocycles. The fourth-order valence-electron chi connectivity index (χ4n) is 1.87. The summed E-state index contributed by atoms with van der Waals surface area (Å²) in [5.74, 6) is 0.480. The molecule has 0 radical (unpaired) electrons. The van der Waals surface area contributed by atoms with E-state index in [0.29, 0.717) is 12.3 Å². The highest BCUT2D eigenvalue weighted by Gasteiger charge is 2.05. The second-order valence-corrected chi connectivity index (χ2v) is 4.70. The van der Waals surface area contributed by atoms with Crippen molar-refractivity contribution in [3.63, 3.8) is 0 Å². The second kappa shape index (κ2) is 6.17. The van der Waals surface area contributed by atoms with Crippen molar-refractivity contribution in [3.05, 3.63) is 24.5 Å². The number of carbonyl (C=O) groups is 1. The van der Waals surface area contributed by atoms with Gasteiger partial charge in [0.2, 0.25) is 0 Å². The van der Waals surface area contributed by atoms with Crippen LogP contribution in [0, 0.1) is 5.92 Å². The van der Waals surface area contributed by atoms with Crippen LogP contribution in [-0.2, 0) is 4.79 Å². The molecule has 0 aliphatic rings. The van der Waals surface area contributed by atoms with Crippen LogP contribution in [0.25, 0.3) is 5.65 Å². The lowest BCUT2D eigenvalue weighted by atomic mass is 10.0. The monoisotopic (exact) mass is 262 g/mol. The Labute approximate surface area is 111 Å². The number of carboxylic acids is 1. The molecular weight excluding hydrogens is 244 g/mol. The Morgan fingerprint density at radius 1 is 1.47 bits per heavy atom. The molecule has 1 atom stereocenters. The van der Waals surface area contributed by atoms with Crippen molar-refractivity contribution in [1.82, 2.24) is 14.6 Å². The van der Waals surface area contributed by atoms with E-state index in [0.717, 1.165) is 24.4 Å². The van der Waals surface area contributed by atoms with Crippen LogP contribution < -0.4 is 5.32 Å². The van der Waals surface area contributed by atoms with Crippen molar-refractivity contribution in [2.24, 2.45) is 5.92 Å². The third kappa shape index (κ3) is 3.94. The van der Waals surface area contributed by atoms with Gasteiger partial charge in [0.15, 0.2) is 5.65 Å². The van der Waals surface area contributed by atoms with Crippen LogP contribution >= 0.6 is 0 Å². The molecule has 0 saturated heterocycles. The van der Waals surface area contributed by atoms with Gasteiger partial charge in [-0.25, -0.2) is 9.50 Å². The van der Waals surface area contributed by atoms with Crippen LogP contribution in [0.3, 0.4) is 0 Å². The van der Waals surface area contributed by atoms with Crippen LogP contribution in [0.5, 0.6) is 0 Å². The summed E-state index contributed by atoms with van der Waals surface area (Å²) in [4.78, 5) is 14.9. The first-order valence-corrected chi connectivity index (χ1v) is 6.41. The number of anilines is 1. The van der Waals surface area contributed by atoms with Crippen LogP contribution in [0.1, 0.15) is 26.2 Å². The van der Waals surface area contributed by atoms with Crippen LogP contribution in [0.4, 0.5) is 5.82 Å². The van der Waals surface area contributed by atoms with Gasteiger partial charge in [-0.15, -0.1) is 0 Å². The third-order valence-corrected chi connectivity index (χ3v) is 3.05. The number of nitrogens with zero attached hydrogens (tertiary/aromatic N) is 3. The molecule has 2 aromatic heterocycles. The molecule has 1 unspecified atom stereocenters. The van der Waals surface area contributed by atoms with Gasteiger partial charge in [-0.1, -0.05) is 6.92 Å². The predicted molar refractivity (Wildman–Crippen MR) is 72.1 cm³/mol. The van der Waals surface area contributed by atoms with Gasteiger partial charge in [-0.05, 0) is 24.8 Å². The minimum atomic E-state index is -0.729. The van der Waals surface area contributed by atoms with Gasteiger partial charge < -0.3 is 10.4 Å². The zero-order chi connectivity index (χ0) is 13.7. The molecule has 2 heterocycles. The van der Waals surface area contributed by atoms with Crippen LogP contribution in [0.2, 0.25) is 0 Å². The molecule has 0 aromatic carbocycles. The Bertz CT molecular complexity index is 552. The number of aromatic nitrogens is 3. The Kier molecular flexibility index (Phi) is 4.33. The van der Waals surface area contributed by atoms with E-state index in [9.17, 15) is 4.79 Å². The fourth-order valence-corrected chi connectivity index (χ4v) is 1.87. The lowest BCUT2D eigenvalue weighted by molar-refractivity contribution is -0.137. The molecule has 2 N–H and O–H groups in total. The average molecular weight is 262 g/mol. The summed E-state index contributed by atoms with van der Waals surface area (Å²) in [6.45, 7) is 2.86.